The molecule has 1 aliphatic heterocycles. The van der Waals surface area contributed by atoms with Crippen molar-refractivity contribution in [1.82, 2.24) is 14.9 Å². The molecule has 0 unspecified atom stereocenters. The Hall–Kier alpha value is -1.19. The maximum absolute atomic E-state index is 12.3. The first-order valence-corrected chi connectivity index (χ1v) is 10.3. The summed E-state index contributed by atoms with van der Waals surface area (Å²) in [6.45, 7) is 8.97. The van der Waals surface area contributed by atoms with Crippen molar-refractivity contribution in [1.29, 1.82) is 0 Å². The van der Waals surface area contributed by atoms with E-state index in [9.17, 15) is 8.42 Å². The van der Waals surface area contributed by atoms with Gasteiger partial charge in [0.1, 0.15) is 12.4 Å². The maximum atomic E-state index is 12.3. The molecule has 0 aliphatic carbocycles. The van der Waals surface area contributed by atoms with Crippen molar-refractivity contribution in [3.05, 3.63) is 24.3 Å². The molecule has 0 radical (unpaired) electrons. The molecule has 0 bridgehead atoms. The SMILES string of the molecule is CCOCCOc1ccc(S(=O)(=O)NCCCN2CCNCC2)cc1. The lowest BCUT2D eigenvalue weighted by Crippen LogP contribution is -2.44. The molecule has 1 aromatic rings. The lowest BCUT2D eigenvalue weighted by atomic mass is 10.3. The standard InChI is InChI=1S/C17H29N3O4S/c1-2-23-14-15-24-16-4-6-17(7-5-16)25(21,22)19-8-3-11-20-12-9-18-10-13-20/h4-7,18-19H,2-3,8-15H2,1H3. The lowest BCUT2D eigenvalue weighted by molar-refractivity contribution is 0.110. The van der Waals surface area contributed by atoms with Gasteiger partial charge in [0, 0.05) is 39.3 Å². The first-order chi connectivity index (χ1) is 12.1. The minimum atomic E-state index is -3.47. The van der Waals surface area contributed by atoms with Crippen LogP contribution >= 0.6 is 0 Å². The lowest BCUT2D eigenvalue weighted by Gasteiger charge is -2.27. The van der Waals surface area contributed by atoms with Crippen LogP contribution in [0.5, 0.6) is 5.75 Å². The Balaban J connectivity index is 1.72. The predicted molar refractivity (Wildman–Crippen MR) is 97.5 cm³/mol. The summed E-state index contributed by atoms with van der Waals surface area (Å²) in [5.41, 5.74) is 0. The van der Waals surface area contributed by atoms with Crippen LogP contribution in [0.4, 0.5) is 0 Å². The van der Waals surface area contributed by atoms with Gasteiger partial charge < -0.3 is 19.7 Å². The third kappa shape index (κ3) is 7.29. The summed E-state index contributed by atoms with van der Waals surface area (Å²) in [6, 6.07) is 6.46. The first-order valence-electron chi connectivity index (χ1n) is 8.85. The number of ether oxygens (including phenoxy) is 2. The van der Waals surface area contributed by atoms with Gasteiger partial charge in [0.15, 0.2) is 0 Å². The highest BCUT2D eigenvalue weighted by molar-refractivity contribution is 7.89. The molecule has 0 atom stereocenters. The van der Waals surface area contributed by atoms with Crippen LogP contribution in [0, 0.1) is 0 Å². The molecule has 0 aromatic heterocycles. The Morgan fingerprint density at radius 2 is 1.88 bits per heavy atom. The molecule has 8 heteroatoms. The zero-order valence-corrected chi connectivity index (χ0v) is 15.7. The molecule has 142 valence electrons. The van der Waals surface area contributed by atoms with E-state index in [0.717, 1.165) is 39.1 Å². The molecule has 2 N–H and O–H groups in total. The van der Waals surface area contributed by atoms with Crippen LogP contribution in [0.25, 0.3) is 0 Å². The van der Waals surface area contributed by atoms with Gasteiger partial charge >= 0.3 is 0 Å². The monoisotopic (exact) mass is 371 g/mol. The average Bonchev–Trinajstić information content (AvgIpc) is 2.64. The fourth-order valence-electron chi connectivity index (χ4n) is 2.61. The number of nitrogens with one attached hydrogen (secondary N) is 2. The van der Waals surface area contributed by atoms with Crippen LogP contribution in [-0.2, 0) is 14.8 Å². The fourth-order valence-corrected chi connectivity index (χ4v) is 3.68. The maximum Gasteiger partial charge on any atom is 0.240 e. The summed E-state index contributed by atoms with van der Waals surface area (Å²) in [4.78, 5) is 2.60. The van der Waals surface area contributed by atoms with Crippen LogP contribution in [0.2, 0.25) is 0 Å². The third-order valence-corrected chi connectivity index (χ3v) is 5.46. The normalized spacial score (nSPS) is 16.0. The Morgan fingerprint density at radius 3 is 2.56 bits per heavy atom. The van der Waals surface area contributed by atoms with E-state index in [1.807, 2.05) is 6.92 Å². The van der Waals surface area contributed by atoms with Crippen molar-refractivity contribution in [2.24, 2.45) is 0 Å². The highest BCUT2D eigenvalue weighted by atomic mass is 32.2. The zero-order valence-electron chi connectivity index (χ0n) is 14.9. The quantitative estimate of drug-likeness (QED) is 0.557. The molecule has 1 aromatic carbocycles. The summed E-state index contributed by atoms with van der Waals surface area (Å²) in [6.07, 6.45) is 0.803. The van der Waals surface area contributed by atoms with Crippen LogP contribution in [0.15, 0.2) is 29.2 Å². The molecule has 1 fully saturated rings. The summed E-state index contributed by atoms with van der Waals surface area (Å²) in [5, 5.41) is 3.30. The summed E-state index contributed by atoms with van der Waals surface area (Å²) >= 11 is 0. The summed E-state index contributed by atoms with van der Waals surface area (Å²) in [7, 11) is -3.47. The molecular weight excluding hydrogens is 342 g/mol. The van der Waals surface area contributed by atoms with Gasteiger partial charge in [0.25, 0.3) is 0 Å². The van der Waals surface area contributed by atoms with E-state index >= 15 is 0 Å². The van der Waals surface area contributed by atoms with E-state index in [0.29, 0.717) is 32.1 Å². The van der Waals surface area contributed by atoms with Gasteiger partial charge in [-0.1, -0.05) is 0 Å². The van der Waals surface area contributed by atoms with Crippen molar-refractivity contribution < 1.29 is 17.9 Å². The van der Waals surface area contributed by atoms with Crippen LogP contribution in [-0.4, -0.2) is 72.4 Å². The number of rotatable bonds is 11. The number of nitrogens with zero attached hydrogens (tertiary/aromatic N) is 1. The second-order valence-corrected chi connectivity index (χ2v) is 7.63. The third-order valence-electron chi connectivity index (χ3n) is 3.99. The van der Waals surface area contributed by atoms with Gasteiger partial charge in [-0.2, -0.15) is 0 Å². The zero-order chi connectivity index (χ0) is 18.0. The molecule has 1 heterocycles. The number of sulfonamides is 1. The predicted octanol–water partition coefficient (Wildman–Crippen LogP) is 0.676. The molecule has 1 aliphatic rings. The largest absolute Gasteiger partial charge is 0.491 e. The molecular formula is C17H29N3O4S. The van der Waals surface area contributed by atoms with E-state index in [2.05, 4.69) is 14.9 Å². The summed E-state index contributed by atoms with van der Waals surface area (Å²) < 4.78 is 37.9. The molecule has 25 heavy (non-hydrogen) atoms. The van der Waals surface area contributed by atoms with Crippen molar-refractivity contribution in [2.45, 2.75) is 18.2 Å². The fraction of sp³-hybridized carbons (Fsp3) is 0.647. The van der Waals surface area contributed by atoms with Crippen LogP contribution in [0.1, 0.15) is 13.3 Å². The van der Waals surface area contributed by atoms with Crippen molar-refractivity contribution in [3.63, 3.8) is 0 Å². The second-order valence-electron chi connectivity index (χ2n) is 5.86. The van der Waals surface area contributed by atoms with E-state index in [-0.39, 0.29) is 4.90 Å². The van der Waals surface area contributed by atoms with Gasteiger partial charge in [-0.05, 0) is 44.2 Å². The van der Waals surface area contributed by atoms with Gasteiger partial charge in [-0.25, -0.2) is 13.1 Å². The number of hydrogen-bond donors (Lipinski definition) is 2. The molecule has 0 amide bonds. The number of hydrogen-bond acceptors (Lipinski definition) is 6. The Morgan fingerprint density at radius 1 is 1.16 bits per heavy atom. The Kier molecular flexibility index (Phi) is 8.63. The average molecular weight is 372 g/mol. The first kappa shape index (κ1) is 20.1. The van der Waals surface area contributed by atoms with E-state index in [1.54, 1.807) is 24.3 Å². The van der Waals surface area contributed by atoms with Crippen LogP contribution in [0.3, 0.4) is 0 Å². The van der Waals surface area contributed by atoms with Crippen molar-refractivity contribution in [3.8, 4) is 5.75 Å². The highest BCUT2D eigenvalue weighted by Crippen LogP contribution is 2.15. The Labute approximate surface area is 150 Å². The molecule has 7 nitrogen and oxygen atoms in total. The van der Waals surface area contributed by atoms with Gasteiger partial charge in [0.05, 0.1) is 11.5 Å². The smallest absolute Gasteiger partial charge is 0.240 e. The molecule has 1 saturated heterocycles. The number of piperazine rings is 1. The van der Waals surface area contributed by atoms with Crippen molar-refractivity contribution >= 4 is 10.0 Å². The molecule has 2 rings (SSSR count). The minimum Gasteiger partial charge on any atom is -0.491 e. The number of benzene rings is 1. The van der Waals surface area contributed by atoms with Gasteiger partial charge in [-0.3, -0.25) is 0 Å². The Bertz CT molecular complexity index is 586. The van der Waals surface area contributed by atoms with Gasteiger partial charge in [-0.15, -0.1) is 0 Å². The molecule has 0 saturated carbocycles. The summed E-state index contributed by atoms with van der Waals surface area (Å²) in [5.74, 6) is 0.636. The van der Waals surface area contributed by atoms with E-state index in [4.69, 9.17) is 9.47 Å². The van der Waals surface area contributed by atoms with E-state index in [1.165, 1.54) is 0 Å². The second kappa shape index (κ2) is 10.7. The minimum absolute atomic E-state index is 0.256. The van der Waals surface area contributed by atoms with E-state index < -0.39 is 10.0 Å². The topological polar surface area (TPSA) is 79.9 Å². The molecule has 0 spiro atoms. The van der Waals surface area contributed by atoms with Crippen LogP contribution < -0.4 is 14.8 Å². The van der Waals surface area contributed by atoms with Crippen molar-refractivity contribution in [2.75, 3.05) is 59.1 Å². The highest BCUT2D eigenvalue weighted by Gasteiger charge is 2.14. The van der Waals surface area contributed by atoms with Gasteiger partial charge in [0.2, 0.25) is 10.0 Å².